The van der Waals surface area contributed by atoms with Crippen LogP contribution in [0.5, 0.6) is 0 Å². The molecule has 0 aliphatic carbocycles. The van der Waals surface area contributed by atoms with Crippen molar-refractivity contribution in [3.8, 4) is 0 Å². The number of carbonyl (C=O) groups is 2. The summed E-state index contributed by atoms with van der Waals surface area (Å²) >= 11 is 0. The van der Waals surface area contributed by atoms with E-state index in [1.54, 1.807) is 45.0 Å². The second kappa shape index (κ2) is 10.9. The fourth-order valence-corrected chi connectivity index (χ4v) is 7.67. The molecule has 0 bridgehead atoms. The van der Waals surface area contributed by atoms with Gasteiger partial charge in [0.25, 0.3) is 0 Å². The maximum atomic E-state index is 13.2. The molecule has 0 saturated carbocycles. The minimum Gasteiger partial charge on any atom is -0.444 e. The fraction of sp³-hybridized carbons (Fsp3) is 0.636. The zero-order chi connectivity index (χ0) is 24.9. The van der Waals surface area contributed by atoms with Crippen LogP contribution in [0.25, 0.3) is 0 Å². The number of amides is 1. The minimum absolute atomic E-state index is 0.0555. The van der Waals surface area contributed by atoms with E-state index in [0.29, 0.717) is 12.0 Å². The smallest absolute Gasteiger partial charge is 0.408 e. The van der Waals surface area contributed by atoms with Crippen LogP contribution >= 0.6 is 0 Å². The fourth-order valence-electron chi connectivity index (χ4n) is 3.50. The van der Waals surface area contributed by atoms with Crippen molar-refractivity contribution in [1.82, 2.24) is 9.62 Å². The van der Waals surface area contributed by atoms with Gasteiger partial charge in [-0.25, -0.2) is 4.79 Å². The van der Waals surface area contributed by atoms with Crippen molar-refractivity contribution in [3.63, 3.8) is 0 Å². The number of benzene rings is 1. The number of ketones is 1. The van der Waals surface area contributed by atoms with Gasteiger partial charge in [-0.05, 0) is 38.7 Å². The third-order valence-corrected chi connectivity index (χ3v) is 8.02. The monoisotopic (exact) mass is 486 g/mol. The van der Waals surface area contributed by atoms with Crippen molar-refractivity contribution in [2.45, 2.75) is 78.0 Å². The first-order valence-corrected chi connectivity index (χ1v) is 15.7. The van der Waals surface area contributed by atoms with E-state index >= 15 is 0 Å². The molecule has 0 radical (unpaired) electrons. The van der Waals surface area contributed by atoms with Gasteiger partial charge in [0.2, 0.25) is 0 Å². The van der Waals surface area contributed by atoms with Gasteiger partial charge in [0.05, 0.1) is 20.7 Å². The maximum absolute atomic E-state index is 13.2. The molecule has 0 fully saturated rings. The number of carbonyl (C=O) groups excluding carboxylic acids is 2. The molecule has 1 amide bonds. The van der Waals surface area contributed by atoms with Gasteiger partial charge in [-0.3, -0.25) is 9.35 Å². The van der Waals surface area contributed by atoms with E-state index in [4.69, 9.17) is 4.74 Å². The third-order valence-electron chi connectivity index (χ3n) is 4.62. The Morgan fingerprint density at radius 1 is 1.12 bits per heavy atom. The van der Waals surface area contributed by atoms with Crippen LogP contribution in [0.3, 0.4) is 0 Å². The molecule has 0 heterocycles. The maximum Gasteiger partial charge on any atom is 0.408 e. The molecule has 0 spiro atoms. The Morgan fingerprint density at radius 2 is 1.66 bits per heavy atom. The summed E-state index contributed by atoms with van der Waals surface area (Å²) in [4.78, 5) is 25.5. The van der Waals surface area contributed by atoms with Crippen LogP contribution in [0, 0.1) is 5.92 Å². The molecule has 32 heavy (non-hydrogen) atoms. The predicted octanol–water partition coefficient (Wildman–Crippen LogP) is 4.22. The normalized spacial score (nSPS) is 14.8. The average Bonchev–Trinajstić information content (AvgIpc) is 2.57. The van der Waals surface area contributed by atoms with Crippen LogP contribution < -0.4 is 5.32 Å². The lowest BCUT2D eigenvalue weighted by Gasteiger charge is -2.37. The SMILES string of the molecule is CC(C)C[C@H](NC(=O)OC(C)(C)C)C(=O)CN(C(c1ccccc1)[Si](C)(C)C)S(=O)(=O)O. The van der Waals surface area contributed by atoms with Crippen molar-refractivity contribution in [2.24, 2.45) is 5.92 Å². The number of Topliss-reactive ketones (excluding diaryl/α,β-unsaturated/α-hetero) is 1. The summed E-state index contributed by atoms with van der Waals surface area (Å²) in [6, 6.07) is 8.02. The van der Waals surface area contributed by atoms with E-state index in [9.17, 15) is 22.6 Å². The molecular formula is C22H38N2O6SSi. The highest BCUT2D eigenvalue weighted by atomic mass is 32.2. The molecule has 2 N–H and O–H groups in total. The van der Waals surface area contributed by atoms with Crippen LogP contribution in [-0.2, 0) is 19.8 Å². The first kappa shape index (κ1) is 28.3. The van der Waals surface area contributed by atoms with E-state index < -0.39 is 54.1 Å². The van der Waals surface area contributed by atoms with Gasteiger partial charge >= 0.3 is 16.4 Å². The molecule has 1 aromatic rings. The second-order valence-corrected chi connectivity index (χ2v) is 17.1. The molecule has 0 saturated heterocycles. The summed E-state index contributed by atoms with van der Waals surface area (Å²) in [5.74, 6) is -0.457. The number of alkyl carbamates (subject to hydrolysis) is 1. The number of ether oxygens (including phenoxy) is 1. The summed E-state index contributed by atoms with van der Waals surface area (Å²) in [7, 11) is -6.98. The van der Waals surface area contributed by atoms with Gasteiger partial charge in [0, 0.05) is 5.67 Å². The molecule has 8 nitrogen and oxygen atoms in total. The molecule has 1 aromatic carbocycles. The lowest BCUT2D eigenvalue weighted by molar-refractivity contribution is -0.122. The third kappa shape index (κ3) is 9.39. The first-order valence-electron chi connectivity index (χ1n) is 10.7. The number of hydrogen-bond donors (Lipinski definition) is 2. The van der Waals surface area contributed by atoms with Crippen molar-refractivity contribution in [3.05, 3.63) is 35.9 Å². The van der Waals surface area contributed by atoms with Crippen LogP contribution in [0.15, 0.2) is 30.3 Å². The second-order valence-electron chi connectivity index (χ2n) is 10.5. The molecule has 0 aliphatic rings. The Morgan fingerprint density at radius 3 is 2.06 bits per heavy atom. The highest BCUT2D eigenvalue weighted by molar-refractivity contribution is 7.83. The average molecular weight is 487 g/mol. The highest BCUT2D eigenvalue weighted by Crippen LogP contribution is 2.32. The number of hydrogen-bond acceptors (Lipinski definition) is 5. The largest absolute Gasteiger partial charge is 0.444 e. The Bertz CT molecular complexity index is 876. The predicted molar refractivity (Wildman–Crippen MR) is 128 cm³/mol. The molecule has 182 valence electrons. The molecule has 0 aromatic heterocycles. The number of nitrogens with one attached hydrogen (secondary N) is 1. The summed E-state index contributed by atoms with van der Waals surface area (Å²) in [5, 5.41) is 2.58. The van der Waals surface area contributed by atoms with Crippen molar-refractivity contribution in [1.29, 1.82) is 0 Å². The van der Waals surface area contributed by atoms with Crippen molar-refractivity contribution < 1.29 is 27.3 Å². The molecule has 10 heteroatoms. The molecule has 0 aliphatic heterocycles. The highest BCUT2D eigenvalue weighted by Gasteiger charge is 2.41. The minimum atomic E-state index is -4.71. The Kier molecular flexibility index (Phi) is 9.64. The number of nitrogens with zero attached hydrogens (tertiary/aromatic N) is 1. The van der Waals surface area contributed by atoms with E-state index in [-0.39, 0.29) is 5.92 Å². The Labute approximate surface area is 193 Å². The Balaban J connectivity index is 3.29. The van der Waals surface area contributed by atoms with E-state index in [0.717, 1.165) is 4.31 Å². The van der Waals surface area contributed by atoms with Crippen LogP contribution in [0.2, 0.25) is 19.6 Å². The van der Waals surface area contributed by atoms with Crippen LogP contribution in [0.4, 0.5) is 4.79 Å². The molecule has 1 unspecified atom stereocenters. The van der Waals surface area contributed by atoms with E-state index in [1.165, 1.54) is 0 Å². The summed E-state index contributed by atoms with van der Waals surface area (Å²) in [5.41, 5.74) is -0.701. The van der Waals surface area contributed by atoms with Gasteiger partial charge in [0.1, 0.15) is 5.60 Å². The number of rotatable bonds is 10. The molecule has 2 atom stereocenters. The standard InChI is InChI=1S/C22H38N2O6SSi/c1-16(2)14-18(23-21(26)30-22(3,4)5)19(25)15-24(31(27,28)29)20(32(6,7)8)17-12-10-9-11-13-17/h9-13,16,18,20H,14-15H2,1-8H3,(H,23,26)(H,27,28,29)/t18-,20?/m0/s1. The summed E-state index contributed by atoms with van der Waals surface area (Å²) < 4.78 is 41.0. The van der Waals surface area contributed by atoms with Crippen molar-refractivity contribution in [2.75, 3.05) is 6.54 Å². The van der Waals surface area contributed by atoms with Gasteiger partial charge in [-0.1, -0.05) is 63.8 Å². The zero-order valence-electron chi connectivity index (χ0n) is 20.4. The summed E-state index contributed by atoms with van der Waals surface area (Å²) in [6.07, 6.45) is -0.444. The van der Waals surface area contributed by atoms with E-state index in [1.807, 2.05) is 39.6 Å². The van der Waals surface area contributed by atoms with Crippen LogP contribution in [0.1, 0.15) is 52.3 Å². The van der Waals surface area contributed by atoms with E-state index in [2.05, 4.69) is 5.32 Å². The molecular weight excluding hydrogens is 448 g/mol. The summed E-state index contributed by atoms with van der Waals surface area (Å²) in [6.45, 7) is 14.3. The van der Waals surface area contributed by atoms with Gasteiger partial charge < -0.3 is 10.1 Å². The topological polar surface area (TPSA) is 113 Å². The molecule has 1 rings (SSSR count). The zero-order valence-corrected chi connectivity index (χ0v) is 22.2. The lowest BCUT2D eigenvalue weighted by Crippen LogP contribution is -2.52. The Hall–Kier alpha value is -1.75. The van der Waals surface area contributed by atoms with Gasteiger partial charge in [-0.15, -0.1) is 0 Å². The lowest BCUT2D eigenvalue weighted by atomic mass is 10.00. The van der Waals surface area contributed by atoms with Crippen LogP contribution in [-0.4, -0.2) is 55.4 Å². The first-order chi connectivity index (χ1) is 14.4. The van der Waals surface area contributed by atoms with Crippen molar-refractivity contribution >= 4 is 30.3 Å². The van der Waals surface area contributed by atoms with Gasteiger partial charge in [0.15, 0.2) is 5.78 Å². The van der Waals surface area contributed by atoms with Gasteiger partial charge in [-0.2, -0.15) is 12.7 Å². The quantitative estimate of drug-likeness (QED) is 0.378.